The second-order valence-corrected chi connectivity index (χ2v) is 7.19. The Morgan fingerprint density at radius 3 is 2.37 bits per heavy atom. The van der Waals surface area contributed by atoms with Crippen molar-refractivity contribution in [2.75, 3.05) is 11.4 Å². The number of anilines is 1. The Morgan fingerprint density at radius 2 is 1.67 bits per heavy atom. The summed E-state index contributed by atoms with van der Waals surface area (Å²) in [4.78, 5) is 26.9. The van der Waals surface area contributed by atoms with E-state index in [0.717, 1.165) is 16.7 Å². The number of benzene rings is 3. The lowest BCUT2D eigenvalue weighted by atomic mass is 10.1. The van der Waals surface area contributed by atoms with E-state index < -0.39 is 5.82 Å². The molecule has 0 aromatic heterocycles. The van der Waals surface area contributed by atoms with Crippen LogP contribution >= 0.6 is 0 Å². The number of carbonyl (C=O) groups is 2. The molecular formula is C25H25FN2O2. The van der Waals surface area contributed by atoms with Gasteiger partial charge in [-0.1, -0.05) is 48.0 Å². The van der Waals surface area contributed by atoms with Crippen LogP contribution in [0.25, 0.3) is 0 Å². The first kappa shape index (κ1) is 21.2. The van der Waals surface area contributed by atoms with Gasteiger partial charge in [-0.05, 0) is 55.3 Å². The Morgan fingerprint density at radius 1 is 0.933 bits per heavy atom. The minimum absolute atomic E-state index is 0.0730. The van der Waals surface area contributed by atoms with Crippen LogP contribution in [0.15, 0.2) is 72.8 Å². The fraction of sp³-hybridized carbons (Fsp3) is 0.200. The Labute approximate surface area is 176 Å². The van der Waals surface area contributed by atoms with Crippen LogP contribution < -0.4 is 10.2 Å². The number of rotatable bonds is 7. The standard InChI is InChI=1S/C25H25FN2O2/c1-3-27-24(29)15-20-6-4-9-23(14-20)28(17-19-12-10-18(2)11-13-19)25(30)21-7-5-8-22(26)16-21/h4-14,16H,3,15,17H2,1-2H3,(H,27,29). The van der Waals surface area contributed by atoms with Gasteiger partial charge >= 0.3 is 0 Å². The maximum atomic E-state index is 13.7. The lowest BCUT2D eigenvalue weighted by Crippen LogP contribution is -2.30. The Hall–Kier alpha value is -3.47. The molecule has 4 nitrogen and oxygen atoms in total. The molecule has 0 saturated heterocycles. The summed E-state index contributed by atoms with van der Waals surface area (Å²) in [6, 6.07) is 21.0. The molecule has 0 bridgehead atoms. The smallest absolute Gasteiger partial charge is 0.258 e. The fourth-order valence-corrected chi connectivity index (χ4v) is 3.21. The van der Waals surface area contributed by atoms with E-state index >= 15 is 0 Å². The van der Waals surface area contributed by atoms with Crippen LogP contribution in [0.2, 0.25) is 0 Å². The molecule has 0 aliphatic heterocycles. The van der Waals surface area contributed by atoms with E-state index in [1.54, 1.807) is 11.0 Å². The van der Waals surface area contributed by atoms with Crippen LogP contribution in [0.3, 0.4) is 0 Å². The van der Waals surface area contributed by atoms with Gasteiger partial charge in [0.2, 0.25) is 5.91 Å². The Bertz CT molecular complexity index is 1030. The molecule has 3 aromatic carbocycles. The van der Waals surface area contributed by atoms with E-state index in [9.17, 15) is 14.0 Å². The van der Waals surface area contributed by atoms with Gasteiger partial charge in [-0.3, -0.25) is 9.59 Å². The van der Waals surface area contributed by atoms with Crippen molar-refractivity contribution in [1.29, 1.82) is 0 Å². The Kier molecular flexibility index (Phi) is 6.96. The highest BCUT2D eigenvalue weighted by molar-refractivity contribution is 6.06. The molecule has 3 rings (SSSR count). The van der Waals surface area contributed by atoms with Crippen molar-refractivity contribution in [2.45, 2.75) is 26.8 Å². The first-order valence-corrected chi connectivity index (χ1v) is 9.95. The lowest BCUT2D eigenvalue weighted by Gasteiger charge is -2.24. The van der Waals surface area contributed by atoms with E-state index in [-0.39, 0.29) is 23.8 Å². The van der Waals surface area contributed by atoms with Crippen molar-refractivity contribution in [3.63, 3.8) is 0 Å². The Balaban J connectivity index is 1.95. The largest absolute Gasteiger partial charge is 0.356 e. The molecule has 0 aliphatic carbocycles. The highest BCUT2D eigenvalue weighted by atomic mass is 19.1. The van der Waals surface area contributed by atoms with Gasteiger partial charge in [-0.15, -0.1) is 0 Å². The molecular weight excluding hydrogens is 379 g/mol. The first-order chi connectivity index (χ1) is 14.5. The summed E-state index contributed by atoms with van der Waals surface area (Å²) in [5.74, 6) is -0.831. The summed E-state index contributed by atoms with van der Waals surface area (Å²) >= 11 is 0. The summed E-state index contributed by atoms with van der Waals surface area (Å²) in [6.07, 6.45) is 0.230. The maximum Gasteiger partial charge on any atom is 0.258 e. The molecule has 0 saturated carbocycles. The molecule has 0 unspecified atom stereocenters. The number of aryl methyl sites for hydroxylation is 1. The SMILES string of the molecule is CCNC(=O)Cc1cccc(N(Cc2ccc(C)cc2)C(=O)c2cccc(F)c2)c1. The molecule has 0 heterocycles. The van der Waals surface area contributed by atoms with Gasteiger partial charge in [0.15, 0.2) is 0 Å². The topological polar surface area (TPSA) is 49.4 Å². The zero-order valence-corrected chi connectivity index (χ0v) is 17.2. The summed E-state index contributed by atoms with van der Waals surface area (Å²) in [7, 11) is 0. The number of hydrogen-bond acceptors (Lipinski definition) is 2. The van der Waals surface area contributed by atoms with E-state index in [1.807, 2.05) is 62.4 Å². The molecule has 2 amide bonds. The summed E-state index contributed by atoms with van der Waals surface area (Å²) in [5.41, 5.74) is 3.83. The average Bonchev–Trinajstić information content (AvgIpc) is 2.73. The van der Waals surface area contributed by atoms with Crippen molar-refractivity contribution < 1.29 is 14.0 Å². The normalized spacial score (nSPS) is 10.5. The number of hydrogen-bond donors (Lipinski definition) is 1. The van der Waals surface area contributed by atoms with Gasteiger partial charge in [-0.2, -0.15) is 0 Å². The highest BCUT2D eigenvalue weighted by Gasteiger charge is 2.19. The molecule has 0 atom stereocenters. The van der Waals surface area contributed by atoms with Crippen LogP contribution in [0.5, 0.6) is 0 Å². The van der Waals surface area contributed by atoms with Crippen LogP contribution in [0.1, 0.15) is 34.0 Å². The molecule has 5 heteroatoms. The second-order valence-electron chi connectivity index (χ2n) is 7.19. The molecule has 3 aromatic rings. The van der Waals surface area contributed by atoms with Gasteiger partial charge in [0.05, 0.1) is 13.0 Å². The zero-order valence-electron chi connectivity index (χ0n) is 17.2. The molecule has 154 valence electrons. The van der Waals surface area contributed by atoms with Gasteiger partial charge < -0.3 is 10.2 Å². The van der Waals surface area contributed by atoms with E-state index in [0.29, 0.717) is 18.8 Å². The van der Waals surface area contributed by atoms with Crippen molar-refractivity contribution in [3.05, 3.63) is 101 Å². The predicted octanol–water partition coefficient (Wildman–Crippen LogP) is 4.66. The van der Waals surface area contributed by atoms with E-state index in [1.165, 1.54) is 18.2 Å². The molecule has 0 aliphatic rings. The second kappa shape index (κ2) is 9.83. The number of amides is 2. The van der Waals surface area contributed by atoms with E-state index in [4.69, 9.17) is 0 Å². The number of likely N-dealkylation sites (N-methyl/N-ethyl adjacent to an activating group) is 1. The van der Waals surface area contributed by atoms with Gasteiger partial charge in [-0.25, -0.2) is 4.39 Å². The number of carbonyl (C=O) groups excluding carboxylic acids is 2. The van der Waals surface area contributed by atoms with Gasteiger partial charge in [0, 0.05) is 17.8 Å². The molecule has 30 heavy (non-hydrogen) atoms. The molecule has 0 radical (unpaired) electrons. The van der Waals surface area contributed by atoms with Gasteiger partial charge in [0.1, 0.15) is 5.82 Å². The number of halogens is 1. The number of nitrogens with one attached hydrogen (secondary N) is 1. The predicted molar refractivity (Wildman–Crippen MR) is 117 cm³/mol. The van der Waals surface area contributed by atoms with Crippen molar-refractivity contribution in [3.8, 4) is 0 Å². The third kappa shape index (κ3) is 5.54. The zero-order chi connectivity index (χ0) is 21.5. The molecule has 0 fully saturated rings. The first-order valence-electron chi connectivity index (χ1n) is 9.95. The van der Waals surface area contributed by atoms with Crippen molar-refractivity contribution in [2.24, 2.45) is 0 Å². The van der Waals surface area contributed by atoms with Crippen molar-refractivity contribution >= 4 is 17.5 Å². The number of nitrogens with zero attached hydrogens (tertiary/aromatic N) is 1. The third-order valence-corrected chi connectivity index (χ3v) is 4.74. The minimum Gasteiger partial charge on any atom is -0.356 e. The average molecular weight is 404 g/mol. The summed E-state index contributed by atoms with van der Waals surface area (Å²) in [5, 5.41) is 2.78. The van der Waals surface area contributed by atoms with Crippen LogP contribution in [0, 0.1) is 12.7 Å². The van der Waals surface area contributed by atoms with Crippen LogP contribution in [-0.4, -0.2) is 18.4 Å². The van der Waals surface area contributed by atoms with Gasteiger partial charge in [0.25, 0.3) is 5.91 Å². The van der Waals surface area contributed by atoms with E-state index in [2.05, 4.69) is 5.32 Å². The quantitative estimate of drug-likeness (QED) is 0.623. The maximum absolute atomic E-state index is 13.7. The molecule has 1 N–H and O–H groups in total. The summed E-state index contributed by atoms with van der Waals surface area (Å²) in [6.45, 7) is 4.77. The highest BCUT2D eigenvalue weighted by Crippen LogP contribution is 2.23. The van der Waals surface area contributed by atoms with Crippen LogP contribution in [0.4, 0.5) is 10.1 Å². The minimum atomic E-state index is -0.457. The fourth-order valence-electron chi connectivity index (χ4n) is 3.21. The summed E-state index contributed by atoms with van der Waals surface area (Å²) < 4.78 is 13.7. The van der Waals surface area contributed by atoms with Crippen LogP contribution in [-0.2, 0) is 17.8 Å². The third-order valence-electron chi connectivity index (χ3n) is 4.74. The molecule has 0 spiro atoms. The van der Waals surface area contributed by atoms with Crippen molar-refractivity contribution in [1.82, 2.24) is 5.32 Å². The lowest BCUT2D eigenvalue weighted by molar-refractivity contribution is -0.120. The monoisotopic (exact) mass is 404 g/mol.